The summed E-state index contributed by atoms with van der Waals surface area (Å²) in [6.45, 7) is 0.732. The second kappa shape index (κ2) is 6.19. The Hall–Kier alpha value is -2.00. The number of rotatable bonds is 4. The van der Waals surface area contributed by atoms with E-state index in [2.05, 4.69) is 63.7 Å². The molecule has 0 spiro atoms. The van der Waals surface area contributed by atoms with Gasteiger partial charge < -0.3 is 10.1 Å². The van der Waals surface area contributed by atoms with Crippen molar-refractivity contribution in [2.45, 2.75) is 6.54 Å². The van der Waals surface area contributed by atoms with Crippen LogP contribution >= 0.6 is 15.9 Å². The summed E-state index contributed by atoms with van der Waals surface area (Å²) >= 11 is 3.60. The van der Waals surface area contributed by atoms with Gasteiger partial charge in [0.15, 0.2) is 0 Å². The van der Waals surface area contributed by atoms with E-state index in [1.165, 1.54) is 10.8 Å². The van der Waals surface area contributed by atoms with Gasteiger partial charge in [-0.1, -0.05) is 58.4 Å². The van der Waals surface area contributed by atoms with Crippen molar-refractivity contribution in [2.24, 2.45) is 0 Å². The van der Waals surface area contributed by atoms with Crippen LogP contribution in [0.3, 0.4) is 0 Å². The van der Waals surface area contributed by atoms with Gasteiger partial charge in [-0.2, -0.15) is 0 Å². The molecule has 3 heteroatoms. The Bertz CT molecular complexity index is 770. The number of para-hydroxylation sites is 1. The monoisotopic (exact) mass is 341 g/mol. The van der Waals surface area contributed by atoms with E-state index in [1.54, 1.807) is 7.11 Å². The summed E-state index contributed by atoms with van der Waals surface area (Å²) in [4.78, 5) is 0. The topological polar surface area (TPSA) is 21.3 Å². The van der Waals surface area contributed by atoms with Gasteiger partial charge in [-0.25, -0.2) is 0 Å². The van der Waals surface area contributed by atoms with Crippen molar-refractivity contribution >= 4 is 32.4 Å². The molecule has 0 aromatic heterocycles. The summed E-state index contributed by atoms with van der Waals surface area (Å²) in [5, 5.41) is 5.93. The van der Waals surface area contributed by atoms with Crippen molar-refractivity contribution in [3.8, 4) is 5.75 Å². The van der Waals surface area contributed by atoms with Gasteiger partial charge in [0.2, 0.25) is 0 Å². The Morgan fingerprint density at radius 1 is 0.905 bits per heavy atom. The molecular weight excluding hydrogens is 326 g/mol. The van der Waals surface area contributed by atoms with Crippen LogP contribution in [0, 0.1) is 0 Å². The molecule has 3 aromatic carbocycles. The lowest BCUT2D eigenvalue weighted by molar-refractivity contribution is 0.410. The van der Waals surface area contributed by atoms with Crippen molar-refractivity contribution in [1.82, 2.24) is 0 Å². The molecule has 21 heavy (non-hydrogen) atoms. The minimum Gasteiger partial charge on any atom is -0.496 e. The average molecular weight is 342 g/mol. The first kappa shape index (κ1) is 14.0. The number of halogens is 1. The predicted octanol–water partition coefficient (Wildman–Crippen LogP) is 5.22. The number of methoxy groups -OCH3 is 1. The van der Waals surface area contributed by atoms with E-state index in [4.69, 9.17) is 4.74 Å². The van der Waals surface area contributed by atoms with Crippen LogP contribution in [0.1, 0.15) is 5.56 Å². The molecule has 0 fully saturated rings. The Morgan fingerprint density at radius 2 is 1.62 bits per heavy atom. The molecule has 0 aliphatic heterocycles. The zero-order valence-corrected chi connectivity index (χ0v) is 13.4. The molecule has 106 valence electrons. The first-order valence-electron chi connectivity index (χ1n) is 6.82. The second-order valence-electron chi connectivity index (χ2n) is 4.81. The van der Waals surface area contributed by atoms with Gasteiger partial charge in [-0.3, -0.25) is 0 Å². The van der Waals surface area contributed by atoms with Gasteiger partial charge in [-0.05, 0) is 23.6 Å². The lowest BCUT2D eigenvalue weighted by Gasteiger charge is -2.13. The third-order valence-electron chi connectivity index (χ3n) is 3.53. The van der Waals surface area contributed by atoms with Gasteiger partial charge >= 0.3 is 0 Å². The lowest BCUT2D eigenvalue weighted by atomic mass is 10.1. The van der Waals surface area contributed by atoms with Gasteiger partial charge in [-0.15, -0.1) is 0 Å². The normalized spacial score (nSPS) is 10.6. The molecule has 0 aliphatic rings. The van der Waals surface area contributed by atoms with E-state index in [0.717, 1.165) is 28.0 Å². The molecule has 0 amide bonds. The van der Waals surface area contributed by atoms with E-state index in [9.17, 15) is 0 Å². The highest BCUT2D eigenvalue weighted by atomic mass is 79.9. The SMILES string of the molecule is COc1ccccc1CNc1ccc(Br)c2ccccc12. The van der Waals surface area contributed by atoms with Gasteiger partial charge in [0.1, 0.15) is 5.75 Å². The van der Waals surface area contributed by atoms with Crippen LogP contribution in [0.2, 0.25) is 0 Å². The molecule has 0 saturated heterocycles. The number of benzene rings is 3. The minimum absolute atomic E-state index is 0.732. The van der Waals surface area contributed by atoms with Crippen LogP contribution < -0.4 is 10.1 Å². The van der Waals surface area contributed by atoms with E-state index >= 15 is 0 Å². The van der Waals surface area contributed by atoms with Crippen molar-refractivity contribution in [2.75, 3.05) is 12.4 Å². The lowest BCUT2D eigenvalue weighted by Crippen LogP contribution is -2.02. The molecule has 3 rings (SSSR count). The minimum atomic E-state index is 0.732. The predicted molar refractivity (Wildman–Crippen MR) is 92.0 cm³/mol. The largest absolute Gasteiger partial charge is 0.496 e. The highest BCUT2D eigenvalue weighted by Gasteiger charge is 2.05. The van der Waals surface area contributed by atoms with E-state index in [0.29, 0.717) is 0 Å². The fraction of sp³-hybridized carbons (Fsp3) is 0.111. The maximum absolute atomic E-state index is 5.39. The average Bonchev–Trinajstić information content (AvgIpc) is 2.55. The molecule has 0 aliphatic carbocycles. The van der Waals surface area contributed by atoms with Crippen LogP contribution in [0.4, 0.5) is 5.69 Å². The smallest absolute Gasteiger partial charge is 0.123 e. The number of nitrogens with one attached hydrogen (secondary N) is 1. The highest BCUT2D eigenvalue weighted by molar-refractivity contribution is 9.10. The fourth-order valence-corrected chi connectivity index (χ4v) is 2.93. The maximum atomic E-state index is 5.39. The summed E-state index contributed by atoms with van der Waals surface area (Å²) in [6.07, 6.45) is 0. The standard InChI is InChI=1S/C18H16BrNO/c1-21-18-9-5-2-6-13(18)12-20-17-11-10-16(19)14-7-3-4-8-15(14)17/h2-11,20H,12H2,1H3. The van der Waals surface area contributed by atoms with Crippen molar-refractivity contribution in [3.05, 3.63) is 70.7 Å². The number of anilines is 1. The summed E-state index contributed by atoms with van der Waals surface area (Å²) in [5.41, 5.74) is 2.27. The first-order chi connectivity index (χ1) is 10.3. The third-order valence-corrected chi connectivity index (χ3v) is 4.22. The number of hydrogen-bond donors (Lipinski definition) is 1. The summed E-state index contributed by atoms with van der Waals surface area (Å²) in [7, 11) is 1.70. The molecule has 0 heterocycles. The number of fused-ring (bicyclic) bond motifs is 1. The van der Waals surface area contributed by atoms with Crippen LogP contribution in [-0.2, 0) is 6.54 Å². The number of ether oxygens (including phenoxy) is 1. The van der Waals surface area contributed by atoms with Gasteiger partial charge in [0.25, 0.3) is 0 Å². The first-order valence-corrected chi connectivity index (χ1v) is 7.62. The third kappa shape index (κ3) is 2.88. The fourth-order valence-electron chi connectivity index (χ4n) is 2.46. The van der Waals surface area contributed by atoms with Crippen molar-refractivity contribution in [3.63, 3.8) is 0 Å². The Morgan fingerprint density at radius 3 is 2.43 bits per heavy atom. The quantitative estimate of drug-likeness (QED) is 0.702. The Kier molecular flexibility index (Phi) is 4.11. The zero-order valence-electron chi connectivity index (χ0n) is 11.8. The second-order valence-corrected chi connectivity index (χ2v) is 5.66. The zero-order chi connectivity index (χ0) is 14.7. The summed E-state index contributed by atoms with van der Waals surface area (Å²) < 4.78 is 6.50. The van der Waals surface area contributed by atoms with Crippen LogP contribution in [0.25, 0.3) is 10.8 Å². The summed E-state index contributed by atoms with van der Waals surface area (Å²) in [6, 6.07) is 20.6. The molecule has 0 atom stereocenters. The van der Waals surface area contributed by atoms with Crippen LogP contribution in [0.5, 0.6) is 5.75 Å². The van der Waals surface area contributed by atoms with Crippen LogP contribution in [-0.4, -0.2) is 7.11 Å². The molecule has 0 bridgehead atoms. The Balaban J connectivity index is 1.91. The summed E-state index contributed by atoms with van der Waals surface area (Å²) in [5.74, 6) is 0.909. The van der Waals surface area contributed by atoms with E-state index in [1.807, 2.05) is 18.2 Å². The molecule has 0 radical (unpaired) electrons. The maximum Gasteiger partial charge on any atom is 0.123 e. The Labute approximate surface area is 132 Å². The molecule has 1 N–H and O–H groups in total. The molecule has 3 aromatic rings. The van der Waals surface area contributed by atoms with E-state index in [-0.39, 0.29) is 0 Å². The van der Waals surface area contributed by atoms with Crippen molar-refractivity contribution in [1.29, 1.82) is 0 Å². The van der Waals surface area contributed by atoms with Crippen LogP contribution in [0.15, 0.2) is 65.1 Å². The molecule has 0 saturated carbocycles. The van der Waals surface area contributed by atoms with Crippen molar-refractivity contribution < 1.29 is 4.74 Å². The highest BCUT2D eigenvalue weighted by Crippen LogP contribution is 2.30. The molecule has 2 nitrogen and oxygen atoms in total. The molecular formula is C18H16BrNO. The van der Waals surface area contributed by atoms with Gasteiger partial charge in [0.05, 0.1) is 7.11 Å². The van der Waals surface area contributed by atoms with Gasteiger partial charge in [0, 0.05) is 27.7 Å². The van der Waals surface area contributed by atoms with E-state index < -0.39 is 0 Å². The number of hydrogen-bond acceptors (Lipinski definition) is 2. The molecule has 0 unspecified atom stereocenters.